The molecule has 6 heteroatoms. The third-order valence-electron chi connectivity index (χ3n) is 1.65. The number of carbonyl (C=O) groups is 1. The molecular formula is C7H10N2O2S2. The van der Waals surface area contributed by atoms with Crippen LogP contribution in [0.2, 0.25) is 0 Å². The molecule has 0 aromatic carbocycles. The van der Waals surface area contributed by atoms with Crippen LogP contribution in [0, 0.1) is 0 Å². The van der Waals surface area contributed by atoms with E-state index in [2.05, 4.69) is 22.9 Å². The highest BCUT2D eigenvalue weighted by Gasteiger charge is 2.25. The Morgan fingerprint density at radius 2 is 2.54 bits per heavy atom. The van der Waals surface area contributed by atoms with E-state index in [-0.39, 0.29) is 0 Å². The number of nitrogens with one attached hydrogen (secondary N) is 1. The monoisotopic (exact) mass is 218 g/mol. The highest BCUT2D eigenvalue weighted by atomic mass is 32.1. The molecule has 2 atom stereocenters. The highest BCUT2D eigenvalue weighted by molar-refractivity contribution is 7.80. The molecule has 13 heavy (non-hydrogen) atoms. The number of hydrogen-bond donors (Lipinski definition) is 3. The lowest BCUT2D eigenvalue weighted by Gasteiger charge is -2.16. The van der Waals surface area contributed by atoms with Crippen LogP contribution in [0.5, 0.6) is 0 Å². The first kappa shape index (κ1) is 10.5. The zero-order valence-corrected chi connectivity index (χ0v) is 8.68. The third-order valence-corrected chi connectivity index (χ3v) is 2.81. The summed E-state index contributed by atoms with van der Waals surface area (Å²) in [7, 11) is 1.59. The number of rotatable bonds is 4. The minimum atomic E-state index is -0.921. The number of carboxylic acid groups (broad SMARTS) is 1. The van der Waals surface area contributed by atoms with Crippen LogP contribution in [0.15, 0.2) is 10.9 Å². The minimum absolute atomic E-state index is 0.409. The Hall–Kier alpha value is -0.590. The Labute approximate surface area is 85.4 Å². The molecule has 2 N–H and O–H groups in total. The van der Waals surface area contributed by atoms with Crippen molar-refractivity contribution in [1.29, 1.82) is 0 Å². The quantitative estimate of drug-likeness (QED) is 0.654. The van der Waals surface area contributed by atoms with Gasteiger partial charge in [-0.3, -0.25) is 4.79 Å². The summed E-state index contributed by atoms with van der Waals surface area (Å²) in [6, 6.07) is -0.703. The molecule has 0 aliphatic heterocycles. The number of nitrogens with zero attached hydrogens (tertiary/aromatic N) is 1. The first-order valence-electron chi connectivity index (χ1n) is 3.63. The molecule has 2 unspecified atom stereocenters. The summed E-state index contributed by atoms with van der Waals surface area (Å²) in [6.07, 6.45) is 0. The van der Waals surface area contributed by atoms with Crippen LogP contribution in [-0.2, 0) is 4.79 Å². The summed E-state index contributed by atoms with van der Waals surface area (Å²) in [5.74, 6) is -0.921. The average Bonchev–Trinajstić information content (AvgIpc) is 2.56. The number of carboxylic acids is 1. The van der Waals surface area contributed by atoms with Gasteiger partial charge in [0, 0.05) is 5.38 Å². The van der Waals surface area contributed by atoms with E-state index in [1.807, 2.05) is 0 Å². The summed E-state index contributed by atoms with van der Waals surface area (Å²) >= 11 is 5.63. The highest BCUT2D eigenvalue weighted by Crippen LogP contribution is 2.23. The van der Waals surface area contributed by atoms with Crippen LogP contribution >= 0.6 is 24.0 Å². The van der Waals surface area contributed by atoms with Gasteiger partial charge in [-0.1, -0.05) is 0 Å². The predicted molar refractivity (Wildman–Crippen MR) is 54.3 cm³/mol. The van der Waals surface area contributed by atoms with E-state index in [9.17, 15) is 4.79 Å². The smallest absolute Gasteiger partial charge is 0.322 e. The van der Waals surface area contributed by atoms with E-state index in [1.165, 1.54) is 11.3 Å². The largest absolute Gasteiger partial charge is 0.480 e. The van der Waals surface area contributed by atoms with Crippen LogP contribution in [0.1, 0.15) is 10.9 Å². The Morgan fingerprint density at radius 3 is 2.92 bits per heavy atom. The topological polar surface area (TPSA) is 62.2 Å². The van der Waals surface area contributed by atoms with Crippen molar-refractivity contribution in [3.8, 4) is 0 Å². The second-order valence-corrected chi connectivity index (χ2v) is 3.74. The van der Waals surface area contributed by atoms with Crippen LogP contribution in [0.25, 0.3) is 0 Å². The SMILES string of the molecule is CNC(C(=O)O)C(S)c1cscn1. The number of thiol groups is 1. The number of aromatic nitrogens is 1. The average molecular weight is 218 g/mol. The lowest BCUT2D eigenvalue weighted by molar-refractivity contribution is -0.139. The maximum atomic E-state index is 10.7. The fourth-order valence-electron chi connectivity index (χ4n) is 0.955. The summed E-state index contributed by atoms with van der Waals surface area (Å²) < 4.78 is 0. The van der Waals surface area contributed by atoms with Crippen molar-refractivity contribution in [2.45, 2.75) is 11.3 Å². The van der Waals surface area contributed by atoms with Gasteiger partial charge in [0.25, 0.3) is 0 Å². The zero-order chi connectivity index (χ0) is 9.84. The van der Waals surface area contributed by atoms with Crippen LogP contribution in [0.4, 0.5) is 0 Å². The maximum absolute atomic E-state index is 10.7. The Balaban J connectivity index is 2.76. The summed E-state index contributed by atoms with van der Waals surface area (Å²) in [5.41, 5.74) is 2.35. The molecule has 0 amide bonds. The van der Waals surface area contributed by atoms with Crippen LogP contribution in [-0.4, -0.2) is 29.1 Å². The summed E-state index contributed by atoms with van der Waals surface area (Å²) in [6.45, 7) is 0. The molecule has 0 radical (unpaired) electrons. The van der Waals surface area contributed by atoms with Gasteiger partial charge in [-0.2, -0.15) is 12.6 Å². The van der Waals surface area contributed by atoms with Gasteiger partial charge >= 0.3 is 5.97 Å². The molecule has 1 aromatic rings. The molecule has 0 spiro atoms. The van der Waals surface area contributed by atoms with Crippen molar-refractivity contribution in [3.63, 3.8) is 0 Å². The van der Waals surface area contributed by atoms with E-state index < -0.39 is 17.3 Å². The predicted octanol–water partition coefficient (Wildman–Crippen LogP) is 0.787. The molecule has 1 heterocycles. The molecule has 72 valence electrons. The lowest BCUT2D eigenvalue weighted by atomic mass is 10.1. The van der Waals surface area contributed by atoms with Gasteiger partial charge in [-0.15, -0.1) is 11.3 Å². The first-order valence-corrected chi connectivity index (χ1v) is 5.09. The second kappa shape index (κ2) is 4.59. The first-order chi connectivity index (χ1) is 6.16. The second-order valence-electron chi connectivity index (χ2n) is 2.46. The summed E-state index contributed by atoms with van der Waals surface area (Å²) in [4.78, 5) is 14.7. The number of likely N-dealkylation sites (N-methyl/N-ethyl adjacent to an activating group) is 1. The molecule has 1 aromatic heterocycles. The normalized spacial score (nSPS) is 15.2. The molecule has 1 rings (SSSR count). The van der Waals surface area contributed by atoms with Gasteiger partial charge < -0.3 is 10.4 Å². The van der Waals surface area contributed by atoms with E-state index in [1.54, 1.807) is 17.9 Å². The Bertz CT molecular complexity index is 276. The number of thiazole rings is 1. The zero-order valence-electron chi connectivity index (χ0n) is 6.97. The van der Waals surface area contributed by atoms with E-state index in [0.717, 1.165) is 0 Å². The van der Waals surface area contributed by atoms with Crippen molar-refractivity contribution in [1.82, 2.24) is 10.3 Å². The van der Waals surface area contributed by atoms with E-state index in [0.29, 0.717) is 5.69 Å². The van der Waals surface area contributed by atoms with Gasteiger partial charge in [0.2, 0.25) is 0 Å². The van der Waals surface area contributed by atoms with Crippen molar-refractivity contribution in [2.75, 3.05) is 7.05 Å². The van der Waals surface area contributed by atoms with Gasteiger partial charge in [0.05, 0.1) is 16.5 Å². The maximum Gasteiger partial charge on any atom is 0.322 e. The molecule has 0 saturated heterocycles. The molecule has 0 aliphatic carbocycles. The van der Waals surface area contributed by atoms with Crippen molar-refractivity contribution in [2.24, 2.45) is 0 Å². The van der Waals surface area contributed by atoms with E-state index >= 15 is 0 Å². The summed E-state index contributed by atoms with van der Waals surface area (Å²) in [5, 5.41) is 12.9. The molecule has 0 saturated carbocycles. The van der Waals surface area contributed by atoms with Crippen molar-refractivity contribution in [3.05, 3.63) is 16.6 Å². The van der Waals surface area contributed by atoms with Gasteiger partial charge in [-0.25, -0.2) is 4.98 Å². The molecule has 4 nitrogen and oxygen atoms in total. The van der Waals surface area contributed by atoms with Gasteiger partial charge in [0.15, 0.2) is 0 Å². The standard InChI is InChI=1S/C7H10N2O2S2/c1-8-5(7(10)11)6(12)4-2-13-3-9-4/h2-3,5-6,8,12H,1H3,(H,10,11). The fraction of sp³-hybridized carbons (Fsp3) is 0.429. The van der Waals surface area contributed by atoms with Gasteiger partial charge in [0.1, 0.15) is 6.04 Å². The van der Waals surface area contributed by atoms with Crippen LogP contribution < -0.4 is 5.32 Å². The molecule has 0 aliphatic rings. The fourth-order valence-corrected chi connectivity index (χ4v) is 2.06. The number of hydrogen-bond acceptors (Lipinski definition) is 5. The Kier molecular flexibility index (Phi) is 3.71. The third kappa shape index (κ3) is 2.43. The number of aliphatic carboxylic acids is 1. The Morgan fingerprint density at radius 1 is 1.85 bits per heavy atom. The lowest BCUT2D eigenvalue weighted by Crippen LogP contribution is -2.37. The van der Waals surface area contributed by atoms with Crippen molar-refractivity contribution >= 4 is 29.9 Å². The van der Waals surface area contributed by atoms with E-state index in [4.69, 9.17) is 5.11 Å². The minimum Gasteiger partial charge on any atom is -0.480 e. The molecule has 0 fully saturated rings. The molecule has 0 bridgehead atoms. The van der Waals surface area contributed by atoms with Gasteiger partial charge in [-0.05, 0) is 7.05 Å². The molecular weight excluding hydrogens is 208 g/mol. The van der Waals surface area contributed by atoms with Crippen molar-refractivity contribution < 1.29 is 9.90 Å². The van der Waals surface area contributed by atoms with Crippen LogP contribution in [0.3, 0.4) is 0 Å².